The van der Waals surface area contributed by atoms with Gasteiger partial charge in [0.15, 0.2) is 0 Å². The minimum atomic E-state index is -4.48. The fraction of sp³-hybridized carbons (Fsp3) is 0.647. The summed E-state index contributed by atoms with van der Waals surface area (Å²) in [5.41, 5.74) is -0.484. The molecule has 1 heterocycles. The SMILES string of the molecule is OC(CCN1CCCC1)c1ccc(OC2CC2)c(C(F)(F)F)c1. The number of hydrogen-bond acceptors (Lipinski definition) is 3. The first-order valence-corrected chi connectivity index (χ1v) is 8.22. The normalized spacial score (nSPS) is 20.7. The molecule has 2 fully saturated rings. The molecule has 128 valence electrons. The lowest BCUT2D eigenvalue weighted by atomic mass is 10.0. The predicted molar refractivity (Wildman–Crippen MR) is 80.3 cm³/mol. The first kappa shape index (κ1) is 16.6. The smallest absolute Gasteiger partial charge is 0.419 e. The molecular formula is C17H22F3NO2. The third kappa shape index (κ3) is 4.38. The van der Waals surface area contributed by atoms with Crippen molar-refractivity contribution in [3.05, 3.63) is 29.3 Å². The third-order valence-electron chi connectivity index (χ3n) is 4.43. The van der Waals surface area contributed by atoms with Crippen LogP contribution in [0, 0.1) is 0 Å². The number of ether oxygens (including phenoxy) is 1. The number of alkyl halides is 3. The molecule has 3 nitrogen and oxygen atoms in total. The number of aliphatic hydroxyl groups is 1. The van der Waals surface area contributed by atoms with Crippen LogP contribution in [0.15, 0.2) is 18.2 Å². The highest BCUT2D eigenvalue weighted by Crippen LogP contribution is 2.40. The van der Waals surface area contributed by atoms with E-state index >= 15 is 0 Å². The second-order valence-electron chi connectivity index (χ2n) is 6.42. The highest BCUT2D eigenvalue weighted by atomic mass is 19.4. The van der Waals surface area contributed by atoms with Gasteiger partial charge in [0.1, 0.15) is 5.75 Å². The largest absolute Gasteiger partial charge is 0.490 e. The molecule has 1 aromatic rings. The number of hydrogen-bond donors (Lipinski definition) is 1. The number of rotatable bonds is 6. The maximum atomic E-state index is 13.2. The van der Waals surface area contributed by atoms with Crippen LogP contribution in [0.5, 0.6) is 5.75 Å². The van der Waals surface area contributed by atoms with Crippen molar-refractivity contribution >= 4 is 0 Å². The van der Waals surface area contributed by atoms with Crippen LogP contribution in [0.3, 0.4) is 0 Å². The second kappa shape index (κ2) is 6.69. The summed E-state index contributed by atoms with van der Waals surface area (Å²) in [6, 6.07) is 3.92. The van der Waals surface area contributed by atoms with Crippen LogP contribution in [0.4, 0.5) is 13.2 Å². The molecular weight excluding hydrogens is 307 g/mol. The van der Waals surface area contributed by atoms with Crippen LogP contribution in [-0.2, 0) is 6.18 Å². The van der Waals surface area contributed by atoms with E-state index in [4.69, 9.17) is 4.74 Å². The highest BCUT2D eigenvalue weighted by Gasteiger charge is 2.37. The minimum Gasteiger partial charge on any atom is -0.490 e. The van der Waals surface area contributed by atoms with Gasteiger partial charge < -0.3 is 14.7 Å². The number of nitrogens with zero attached hydrogens (tertiary/aromatic N) is 1. The molecule has 1 N–H and O–H groups in total. The Kier molecular flexibility index (Phi) is 4.82. The standard InChI is InChI=1S/C17H22F3NO2/c18-17(19,20)14-11-12(3-6-16(14)23-13-4-5-13)15(22)7-10-21-8-1-2-9-21/h3,6,11,13,15,22H,1-2,4-5,7-10H2. The van der Waals surface area contributed by atoms with Crippen LogP contribution in [0.25, 0.3) is 0 Å². The summed E-state index contributed by atoms with van der Waals surface area (Å²) in [5, 5.41) is 10.2. The van der Waals surface area contributed by atoms with Gasteiger partial charge in [0, 0.05) is 6.54 Å². The van der Waals surface area contributed by atoms with Crippen LogP contribution >= 0.6 is 0 Å². The van der Waals surface area contributed by atoms with E-state index in [2.05, 4.69) is 4.90 Å². The minimum absolute atomic E-state index is 0.0953. The Morgan fingerprint density at radius 3 is 2.52 bits per heavy atom. The van der Waals surface area contributed by atoms with Gasteiger partial charge in [-0.15, -0.1) is 0 Å². The fourth-order valence-electron chi connectivity index (χ4n) is 2.92. The van der Waals surface area contributed by atoms with Gasteiger partial charge in [-0.1, -0.05) is 6.07 Å². The van der Waals surface area contributed by atoms with Crippen molar-refractivity contribution in [2.45, 2.75) is 50.5 Å². The molecule has 1 saturated heterocycles. The van der Waals surface area contributed by atoms with Crippen LogP contribution in [0.2, 0.25) is 0 Å². The van der Waals surface area contributed by atoms with Gasteiger partial charge in [0.05, 0.1) is 17.8 Å². The zero-order chi connectivity index (χ0) is 16.4. The summed E-state index contributed by atoms with van der Waals surface area (Å²) in [5.74, 6) is -0.129. The van der Waals surface area contributed by atoms with E-state index in [1.165, 1.54) is 6.07 Å². The predicted octanol–water partition coefficient (Wildman–Crippen LogP) is 3.77. The Bertz CT molecular complexity index is 537. The molecule has 1 saturated carbocycles. The molecule has 1 unspecified atom stereocenters. The molecule has 6 heteroatoms. The Labute approximate surface area is 134 Å². The number of benzene rings is 1. The Morgan fingerprint density at radius 1 is 1.22 bits per heavy atom. The number of halogens is 3. The molecule has 0 amide bonds. The molecule has 0 radical (unpaired) electrons. The van der Waals surface area contributed by atoms with Crippen molar-refractivity contribution < 1.29 is 23.0 Å². The van der Waals surface area contributed by atoms with E-state index in [1.807, 2.05) is 0 Å². The van der Waals surface area contributed by atoms with Crippen molar-refractivity contribution in [3.8, 4) is 5.75 Å². The zero-order valence-corrected chi connectivity index (χ0v) is 13.0. The third-order valence-corrected chi connectivity index (χ3v) is 4.43. The van der Waals surface area contributed by atoms with Crippen molar-refractivity contribution in [3.63, 3.8) is 0 Å². The molecule has 0 aromatic heterocycles. The molecule has 1 aliphatic carbocycles. The zero-order valence-electron chi connectivity index (χ0n) is 13.0. The lowest BCUT2D eigenvalue weighted by Gasteiger charge is -2.20. The van der Waals surface area contributed by atoms with E-state index < -0.39 is 17.8 Å². The summed E-state index contributed by atoms with van der Waals surface area (Å²) >= 11 is 0. The average Bonchev–Trinajstić information content (AvgIpc) is 3.16. The van der Waals surface area contributed by atoms with E-state index in [9.17, 15) is 18.3 Å². The summed E-state index contributed by atoms with van der Waals surface area (Å²) in [7, 11) is 0. The maximum absolute atomic E-state index is 13.2. The van der Waals surface area contributed by atoms with Gasteiger partial charge in [-0.2, -0.15) is 13.2 Å². The first-order valence-electron chi connectivity index (χ1n) is 8.22. The van der Waals surface area contributed by atoms with Crippen molar-refractivity contribution in [2.24, 2.45) is 0 Å². The average molecular weight is 329 g/mol. The highest BCUT2D eigenvalue weighted by molar-refractivity contribution is 5.40. The molecule has 0 spiro atoms. The van der Waals surface area contributed by atoms with Gasteiger partial charge in [-0.05, 0) is 62.9 Å². The second-order valence-corrected chi connectivity index (χ2v) is 6.42. The van der Waals surface area contributed by atoms with Crippen molar-refractivity contribution in [1.82, 2.24) is 4.90 Å². The molecule has 0 bridgehead atoms. The summed E-state index contributed by atoms with van der Waals surface area (Å²) in [4.78, 5) is 2.23. The molecule has 2 aliphatic rings. The van der Waals surface area contributed by atoms with E-state index in [1.54, 1.807) is 6.07 Å². The molecule has 1 aromatic carbocycles. The summed E-state index contributed by atoms with van der Waals surface area (Å²) in [6.07, 6.45) is -1.10. The Hall–Kier alpha value is -1.27. The summed E-state index contributed by atoms with van der Waals surface area (Å²) in [6.45, 7) is 2.73. The van der Waals surface area contributed by atoms with E-state index in [0.717, 1.165) is 44.8 Å². The monoisotopic (exact) mass is 329 g/mol. The van der Waals surface area contributed by atoms with E-state index in [-0.39, 0.29) is 11.9 Å². The van der Waals surface area contributed by atoms with Crippen molar-refractivity contribution in [2.75, 3.05) is 19.6 Å². The van der Waals surface area contributed by atoms with Gasteiger partial charge in [0.2, 0.25) is 0 Å². The molecule has 23 heavy (non-hydrogen) atoms. The van der Waals surface area contributed by atoms with Gasteiger partial charge in [-0.25, -0.2) is 0 Å². The van der Waals surface area contributed by atoms with Gasteiger partial charge >= 0.3 is 6.18 Å². The van der Waals surface area contributed by atoms with Gasteiger partial charge in [-0.3, -0.25) is 0 Å². The quantitative estimate of drug-likeness (QED) is 0.862. The molecule has 1 aliphatic heterocycles. The first-order chi connectivity index (χ1) is 10.9. The maximum Gasteiger partial charge on any atom is 0.419 e. The van der Waals surface area contributed by atoms with Crippen molar-refractivity contribution in [1.29, 1.82) is 0 Å². The topological polar surface area (TPSA) is 32.7 Å². The van der Waals surface area contributed by atoms with E-state index in [0.29, 0.717) is 18.5 Å². The van der Waals surface area contributed by atoms with Crippen LogP contribution in [0.1, 0.15) is 49.3 Å². The summed E-state index contributed by atoms with van der Waals surface area (Å²) < 4.78 is 45.0. The lowest BCUT2D eigenvalue weighted by molar-refractivity contribution is -0.139. The Balaban J connectivity index is 1.70. The number of likely N-dealkylation sites (tertiary alicyclic amines) is 1. The van der Waals surface area contributed by atoms with Crippen LogP contribution < -0.4 is 4.74 Å². The number of aliphatic hydroxyl groups excluding tert-OH is 1. The van der Waals surface area contributed by atoms with Crippen LogP contribution in [-0.4, -0.2) is 35.7 Å². The fourth-order valence-corrected chi connectivity index (χ4v) is 2.92. The molecule has 3 rings (SSSR count). The molecule has 1 atom stereocenters. The Morgan fingerprint density at radius 2 is 1.91 bits per heavy atom. The van der Waals surface area contributed by atoms with Gasteiger partial charge in [0.25, 0.3) is 0 Å². The lowest BCUT2D eigenvalue weighted by Crippen LogP contribution is -2.22.